The Morgan fingerprint density at radius 3 is 2.62 bits per heavy atom. The average Bonchev–Trinajstić information content (AvgIpc) is 2.60. The first kappa shape index (κ1) is 11.0. The van der Waals surface area contributed by atoms with E-state index in [0.717, 1.165) is 21.2 Å². The molecule has 0 aliphatic rings. The lowest BCUT2D eigenvalue weighted by Crippen LogP contribution is -2.01. The van der Waals surface area contributed by atoms with Gasteiger partial charge < -0.3 is 10.2 Å². The molecule has 2 aromatic rings. The summed E-state index contributed by atoms with van der Waals surface area (Å²) in [4.78, 5) is 9.55. The number of nitrogens with zero attached hydrogens (tertiary/aromatic N) is 2. The van der Waals surface area contributed by atoms with Crippen LogP contribution in [0.2, 0.25) is 0 Å². The van der Waals surface area contributed by atoms with Gasteiger partial charge in [-0.1, -0.05) is 11.8 Å². The second-order valence-corrected chi connectivity index (χ2v) is 4.56. The maximum absolute atomic E-state index is 5.80. The summed E-state index contributed by atoms with van der Waals surface area (Å²) in [6, 6.07) is 1.92. The minimum atomic E-state index is 0.538. The summed E-state index contributed by atoms with van der Waals surface area (Å²) in [5.41, 5.74) is 6.71. The summed E-state index contributed by atoms with van der Waals surface area (Å²) in [5.74, 6) is 2.11. The number of nitrogens with two attached hydrogens (primary N) is 1. The largest absolute Gasteiger partial charge is 0.468 e. The topological polar surface area (TPSA) is 64.9 Å². The average molecular weight is 235 g/mol. The quantitative estimate of drug-likeness (QED) is 0.811. The highest BCUT2D eigenvalue weighted by Crippen LogP contribution is 2.32. The van der Waals surface area contributed by atoms with Crippen molar-refractivity contribution in [2.75, 3.05) is 5.73 Å². The van der Waals surface area contributed by atoms with Gasteiger partial charge in [0.2, 0.25) is 0 Å². The van der Waals surface area contributed by atoms with Gasteiger partial charge in [0.05, 0.1) is 11.2 Å². The Kier molecular flexibility index (Phi) is 2.87. The van der Waals surface area contributed by atoms with Crippen molar-refractivity contribution in [1.82, 2.24) is 9.97 Å². The zero-order valence-electron chi connectivity index (χ0n) is 9.44. The van der Waals surface area contributed by atoms with Crippen molar-refractivity contribution in [3.8, 4) is 0 Å². The molecule has 2 aromatic heterocycles. The lowest BCUT2D eigenvalue weighted by molar-refractivity contribution is 0.527. The van der Waals surface area contributed by atoms with Crippen molar-refractivity contribution in [3.05, 3.63) is 29.5 Å². The Morgan fingerprint density at radius 2 is 2.00 bits per heavy atom. The van der Waals surface area contributed by atoms with Crippen LogP contribution in [-0.4, -0.2) is 9.97 Å². The molecule has 0 saturated heterocycles. The molecule has 0 radical (unpaired) electrons. The van der Waals surface area contributed by atoms with E-state index in [2.05, 4.69) is 9.97 Å². The SMILES string of the molecule is Cc1nc(N)c(C)c(Sc2ccoc2C)n1. The molecule has 16 heavy (non-hydrogen) atoms. The van der Waals surface area contributed by atoms with Gasteiger partial charge in [-0.2, -0.15) is 0 Å². The molecule has 2 N–H and O–H groups in total. The summed E-state index contributed by atoms with van der Waals surface area (Å²) < 4.78 is 5.24. The third kappa shape index (κ3) is 2.04. The van der Waals surface area contributed by atoms with Crippen molar-refractivity contribution < 1.29 is 4.42 Å². The van der Waals surface area contributed by atoms with E-state index in [9.17, 15) is 0 Å². The normalized spacial score (nSPS) is 10.7. The summed E-state index contributed by atoms with van der Waals surface area (Å²) in [5, 5.41) is 0.884. The molecule has 84 valence electrons. The van der Waals surface area contributed by atoms with Crippen LogP contribution in [0.25, 0.3) is 0 Å². The minimum absolute atomic E-state index is 0.538. The van der Waals surface area contributed by atoms with Gasteiger partial charge in [0.25, 0.3) is 0 Å². The van der Waals surface area contributed by atoms with Gasteiger partial charge >= 0.3 is 0 Å². The second-order valence-electron chi connectivity index (χ2n) is 3.53. The summed E-state index contributed by atoms with van der Waals surface area (Å²) in [7, 11) is 0. The Morgan fingerprint density at radius 1 is 1.25 bits per heavy atom. The van der Waals surface area contributed by atoms with Crippen LogP contribution in [0.1, 0.15) is 17.1 Å². The zero-order chi connectivity index (χ0) is 11.7. The van der Waals surface area contributed by atoms with Crippen LogP contribution in [0.3, 0.4) is 0 Å². The molecule has 0 fully saturated rings. The number of hydrogen-bond acceptors (Lipinski definition) is 5. The highest BCUT2D eigenvalue weighted by molar-refractivity contribution is 7.99. The molecule has 0 bridgehead atoms. The van der Waals surface area contributed by atoms with Crippen LogP contribution in [0.15, 0.2) is 26.7 Å². The number of rotatable bonds is 2. The van der Waals surface area contributed by atoms with Crippen LogP contribution < -0.4 is 5.73 Å². The molecule has 0 amide bonds. The van der Waals surface area contributed by atoms with Crippen molar-refractivity contribution in [2.45, 2.75) is 30.7 Å². The molecule has 0 aliphatic heterocycles. The van der Waals surface area contributed by atoms with E-state index in [0.29, 0.717) is 11.6 Å². The molecule has 2 heterocycles. The minimum Gasteiger partial charge on any atom is -0.468 e. The number of furan rings is 1. The predicted molar refractivity (Wildman–Crippen MR) is 63.5 cm³/mol. The van der Waals surface area contributed by atoms with Gasteiger partial charge in [-0.05, 0) is 26.8 Å². The standard InChI is InChI=1S/C11H13N3OS/c1-6-10(12)13-8(3)14-11(6)16-9-4-5-15-7(9)2/h4-5H,1-3H3,(H2,12,13,14). The maximum Gasteiger partial charge on any atom is 0.131 e. The first-order valence-corrected chi connectivity index (χ1v) is 5.72. The molecule has 0 atom stereocenters. The molecule has 0 aliphatic carbocycles. The van der Waals surface area contributed by atoms with Gasteiger partial charge in [-0.3, -0.25) is 0 Å². The third-order valence-corrected chi connectivity index (χ3v) is 3.50. The first-order valence-electron chi connectivity index (χ1n) is 4.90. The van der Waals surface area contributed by atoms with Crippen LogP contribution in [0, 0.1) is 20.8 Å². The Balaban J connectivity index is 2.38. The molecular weight excluding hydrogens is 222 g/mol. The fourth-order valence-corrected chi connectivity index (χ4v) is 2.27. The number of nitrogen functional groups attached to an aromatic ring is 1. The van der Waals surface area contributed by atoms with Crippen LogP contribution >= 0.6 is 11.8 Å². The van der Waals surface area contributed by atoms with E-state index in [1.807, 2.05) is 26.8 Å². The lowest BCUT2D eigenvalue weighted by atomic mass is 10.3. The Hall–Kier alpha value is -1.49. The van der Waals surface area contributed by atoms with Crippen molar-refractivity contribution in [2.24, 2.45) is 0 Å². The van der Waals surface area contributed by atoms with Crippen molar-refractivity contribution in [3.63, 3.8) is 0 Å². The van der Waals surface area contributed by atoms with E-state index in [1.54, 1.807) is 18.0 Å². The molecule has 0 saturated carbocycles. The van der Waals surface area contributed by atoms with E-state index >= 15 is 0 Å². The molecule has 4 nitrogen and oxygen atoms in total. The highest BCUT2D eigenvalue weighted by atomic mass is 32.2. The summed E-state index contributed by atoms with van der Waals surface area (Å²) >= 11 is 1.55. The van der Waals surface area contributed by atoms with Crippen LogP contribution in [0.5, 0.6) is 0 Å². The molecule has 0 unspecified atom stereocenters. The molecule has 0 spiro atoms. The van der Waals surface area contributed by atoms with Crippen LogP contribution in [-0.2, 0) is 0 Å². The van der Waals surface area contributed by atoms with Crippen molar-refractivity contribution in [1.29, 1.82) is 0 Å². The van der Waals surface area contributed by atoms with E-state index in [1.165, 1.54) is 0 Å². The van der Waals surface area contributed by atoms with E-state index in [-0.39, 0.29) is 0 Å². The van der Waals surface area contributed by atoms with E-state index in [4.69, 9.17) is 10.2 Å². The predicted octanol–water partition coefficient (Wildman–Crippen LogP) is 2.73. The fourth-order valence-electron chi connectivity index (χ4n) is 1.31. The first-order chi connectivity index (χ1) is 7.58. The maximum atomic E-state index is 5.80. The number of anilines is 1. The number of aryl methyl sites for hydroxylation is 2. The summed E-state index contributed by atoms with van der Waals surface area (Å²) in [6.07, 6.45) is 1.67. The number of aromatic nitrogens is 2. The lowest BCUT2D eigenvalue weighted by Gasteiger charge is -2.06. The van der Waals surface area contributed by atoms with E-state index < -0.39 is 0 Å². The van der Waals surface area contributed by atoms with Crippen LogP contribution in [0.4, 0.5) is 5.82 Å². The monoisotopic (exact) mass is 235 g/mol. The fraction of sp³-hybridized carbons (Fsp3) is 0.273. The van der Waals surface area contributed by atoms with Gasteiger partial charge in [-0.25, -0.2) is 9.97 Å². The van der Waals surface area contributed by atoms with Gasteiger partial charge in [0, 0.05) is 5.56 Å². The summed E-state index contributed by atoms with van der Waals surface area (Å²) in [6.45, 7) is 5.68. The molecule has 5 heteroatoms. The van der Waals surface area contributed by atoms with Gasteiger partial charge in [-0.15, -0.1) is 0 Å². The molecular formula is C11H13N3OS. The number of hydrogen-bond donors (Lipinski definition) is 1. The molecule has 2 rings (SSSR count). The Bertz CT molecular complexity index is 522. The highest BCUT2D eigenvalue weighted by Gasteiger charge is 2.10. The van der Waals surface area contributed by atoms with Gasteiger partial charge in [0.1, 0.15) is 22.4 Å². The van der Waals surface area contributed by atoms with Gasteiger partial charge in [0.15, 0.2) is 0 Å². The second kappa shape index (κ2) is 4.17. The smallest absolute Gasteiger partial charge is 0.131 e. The zero-order valence-corrected chi connectivity index (χ0v) is 10.3. The third-order valence-electron chi connectivity index (χ3n) is 2.27. The van der Waals surface area contributed by atoms with Crippen molar-refractivity contribution >= 4 is 17.6 Å². The molecule has 0 aromatic carbocycles. The Labute approximate surface area is 98.3 Å².